The van der Waals surface area contributed by atoms with Gasteiger partial charge in [0.25, 0.3) is 0 Å². The molecule has 0 aliphatic rings. The minimum atomic E-state index is -0.343. The van der Waals surface area contributed by atoms with E-state index < -0.39 is 0 Å². The molecule has 2 rings (SSSR count). The van der Waals surface area contributed by atoms with Crippen molar-refractivity contribution in [1.29, 1.82) is 0 Å². The highest BCUT2D eigenvalue weighted by atomic mass is 19.1. The number of anilines is 1. The largest absolute Gasteiger partial charge is 0.438 e. The van der Waals surface area contributed by atoms with Crippen molar-refractivity contribution in [2.75, 3.05) is 12.4 Å². The normalized spacial score (nSPS) is 11.3. The van der Waals surface area contributed by atoms with Crippen molar-refractivity contribution in [3.8, 4) is 11.6 Å². The predicted octanol–water partition coefficient (Wildman–Crippen LogP) is 4.06. The number of ether oxygens (including phenoxy) is 1. The minimum Gasteiger partial charge on any atom is -0.438 e. The average molecular weight is 289 g/mol. The molecule has 21 heavy (non-hydrogen) atoms. The van der Waals surface area contributed by atoms with Gasteiger partial charge in [0.2, 0.25) is 5.88 Å². The molecule has 0 radical (unpaired) electrons. The SMILES string of the molecule is CNc1nc(C(C)(C)C)nc(Oc2cccc(F)c2)c1C. The minimum absolute atomic E-state index is 0.209. The van der Waals surface area contributed by atoms with Crippen LogP contribution >= 0.6 is 0 Å². The molecule has 1 N–H and O–H groups in total. The van der Waals surface area contributed by atoms with Crippen molar-refractivity contribution in [3.63, 3.8) is 0 Å². The van der Waals surface area contributed by atoms with E-state index in [-0.39, 0.29) is 11.2 Å². The average Bonchev–Trinajstić information content (AvgIpc) is 2.40. The fourth-order valence-electron chi connectivity index (χ4n) is 1.82. The Morgan fingerprint density at radius 3 is 2.48 bits per heavy atom. The zero-order chi connectivity index (χ0) is 15.6. The molecule has 5 heteroatoms. The molecule has 0 spiro atoms. The zero-order valence-corrected chi connectivity index (χ0v) is 13.0. The van der Waals surface area contributed by atoms with Crippen LogP contribution in [0, 0.1) is 12.7 Å². The van der Waals surface area contributed by atoms with E-state index >= 15 is 0 Å². The van der Waals surface area contributed by atoms with Crippen molar-refractivity contribution in [2.24, 2.45) is 0 Å². The first-order valence-electron chi connectivity index (χ1n) is 6.81. The van der Waals surface area contributed by atoms with Gasteiger partial charge in [0.15, 0.2) is 0 Å². The lowest BCUT2D eigenvalue weighted by atomic mass is 9.95. The number of hydrogen-bond acceptors (Lipinski definition) is 4. The molecule has 4 nitrogen and oxygen atoms in total. The summed E-state index contributed by atoms with van der Waals surface area (Å²) >= 11 is 0. The van der Waals surface area contributed by atoms with Crippen molar-refractivity contribution in [2.45, 2.75) is 33.1 Å². The van der Waals surface area contributed by atoms with E-state index in [1.165, 1.54) is 12.1 Å². The molecule has 2 aromatic rings. The van der Waals surface area contributed by atoms with Crippen molar-refractivity contribution >= 4 is 5.82 Å². The summed E-state index contributed by atoms with van der Waals surface area (Å²) in [6.45, 7) is 7.96. The van der Waals surface area contributed by atoms with Crippen LogP contribution in [0.2, 0.25) is 0 Å². The lowest BCUT2D eigenvalue weighted by Gasteiger charge is -2.20. The van der Waals surface area contributed by atoms with E-state index in [1.807, 2.05) is 27.7 Å². The summed E-state index contributed by atoms with van der Waals surface area (Å²) in [6.07, 6.45) is 0. The molecule has 1 heterocycles. The van der Waals surface area contributed by atoms with Crippen LogP contribution in [-0.2, 0) is 5.41 Å². The van der Waals surface area contributed by atoms with Gasteiger partial charge in [-0.2, -0.15) is 4.98 Å². The van der Waals surface area contributed by atoms with Crippen LogP contribution in [0.25, 0.3) is 0 Å². The van der Waals surface area contributed by atoms with Crippen LogP contribution in [0.15, 0.2) is 24.3 Å². The summed E-state index contributed by atoms with van der Waals surface area (Å²) in [5.41, 5.74) is 0.578. The number of rotatable bonds is 3. The van der Waals surface area contributed by atoms with Crippen molar-refractivity contribution in [1.82, 2.24) is 9.97 Å². The van der Waals surface area contributed by atoms with Gasteiger partial charge in [-0.25, -0.2) is 9.37 Å². The number of aromatic nitrogens is 2. The molecule has 0 amide bonds. The Hall–Kier alpha value is -2.17. The first-order valence-corrected chi connectivity index (χ1v) is 6.81. The molecular weight excluding hydrogens is 269 g/mol. The van der Waals surface area contributed by atoms with Gasteiger partial charge in [-0.05, 0) is 19.1 Å². The second-order valence-corrected chi connectivity index (χ2v) is 5.89. The van der Waals surface area contributed by atoms with Crippen LogP contribution < -0.4 is 10.1 Å². The van der Waals surface area contributed by atoms with Gasteiger partial charge in [0.05, 0.1) is 5.56 Å². The van der Waals surface area contributed by atoms with Gasteiger partial charge < -0.3 is 10.1 Å². The topological polar surface area (TPSA) is 47.0 Å². The van der Waals surface area contributed by atoms with E-state index in [1.54, 1.807) is 19.2 Å². The maximum Gasteiger partial charge on any atom is 0.227 e. The standard InChI is InChI=1S/C16H20FN3O/c1-10-13(18-5)19-15(16(2,3)4)20-14(10)21-12-8-6-7-11(17)9-12/h6-9H,1-5H3,(H,18,19,20). The molecule has 0 fully saturated rings. The molecule has 0 saturated heterocycles. The number of benzene rings is 1. The van der Waals surface area contributed by atoms with Gasteiger partial charge in [-0.15, -0.1) is 0 Å². The molecule has 0 bridgehead atoms. The molecular formula is C16H20FN3O. The molecule has 0 aliphatic heterocycles. The third kappa shape index (κ3) is 3.48. The molecule has 1 aromatic heterocycles. The Morgan fingerprint density at radius 2 is 1.90 bits per heavy atom. The van der Waals surface area contributed by atoms with Gasteiger partial charge >= 0.3 is 0 Å². The monoisotopic (exact) mass is 289 g/mol. The Balaban J connectivity index is 2.47. The summed E-state index contributed by atoms with van der Waals surface area (Å²) in [4.78, 5) is 8.99. The second kappa shape index (κ2) is 5.68. The summed E-state index contributed by atoms with van der Waals surface area (Å²) in [7, 11) is 1.80. The Labute approximate surface area is 124 Å². The quantitative estimate of drug-likeness (QED) is 0.925. The number of nitrogens with one attached hydrogen (secondary N) is 1. The fourth-order valence-corrected chi connectivity index (χ4v) is 1.82. The second-order valence-electron chi connectivity index (χ2n) is 5.89. The maximum atomic E-state index is 13.3. The third-order valence-electron chi connectivity index (χ3n) is 3.02. The van der Waals surface area contributed by atoms with Gasteiger partial charge in [0, 0.05) is 18.5 Å². The zero-order valence-electron chi connectivity index (χ0n) is 13.0. The molecule has 0 atom stereocenters. The van der Waals surface area contributed by atoms with Crippen LogP contribution in [0.1, 0.15) is 32.2 Å². The first-order chi connectivity index (χ1) is 9.81. The summed E-state index contributed by atoms with van der Waals surface area (Å²) in [6, 6.07) is 6.00. The Kier molecular flexibility index (Phi) is 4.11. The van der Waals surface area contributed by atoms with Crippen LogP contribution in [0.5, 0.6) is 11.6 Å². The van der Waals surface area contributed by atoms with Crippen LogP contribution in [0.4, 0.5) is 10.2 Å². The summed E-state index contributed by atoms with van der Waals surface area (Å²) in [5.74, 6) is 1.89. The third-order valence-corrected chi connectivity index (χ3v) is 3.02. The summed E-state index contributed by atoms with van der Waals surface area (Å²) < 4.78 is 19.0. The first kappa shape index (κ1) is 15.2. The summed E-state index contributed by atoms with van der Waals surface area (Å²) in [5, 5.41) is 3.04. The lowest BCUT2D eigenvalue weighted by molar-refractivity contribution is 0.439. The fraction of sp³-hybridized carbons (Fsp3) is 0.375. The lowest BCUT2D eigenvalue weighted by Crippen LogP contribution is -2.18. The molecule has 0 unspecified atom stereocenters. The van der Waals surface area contributed by atoms with Crippen LogP contribution in [-0.4, -0.2) is 17.0 Å². The van der Waals surface area contributed by atoms with E-state index in [0.717, 1.165) is 5.56 Å². The maximum absolute atomic E-state index is 13.3. The van der Waals surface area contributed by atoms with Crippen LogP contribution in [0.3, 0.4) is 0 Å². The Bertz CT molecular complexity index is 650. The van der Waals surface area contributed by atoms with Gasteiger partial charge in [0.1, 0.15) is 23.2 Å². The van der Waals surface area contributed by atoms with Crippen molar-refractivity contribution < 1.29 is 9.13 Å². The highest BCUT2D eigenvalue weighted by molar-refractivity contribution is 5.49. The molecule has 1 aromatic carbocycles. The van der Waals surface area contributed by atoms with E-state index in [0.29, 0.717) is 23.3 Å². The van der Waals surface area contributed by atoms with Gasteiger partial charge in [-0.1, -0.05) is 26.8 Å². The predicted molar refractivity (Wildman–Crippen MR) is 81.5 cm³/mol. The smallest absolute Gasteiger partial charge is 0.227 e. The molecule has 112 valence electrons. The van der Waals surface area contributed by atoms with E-state index in [9.17, 15) is 4.39 Å². The molecule has 0 aliphatic carbocycles. The van der Waals surface area contributed by atoms with Gasteiger partial charge in [-0.3, -0.25) is 0 Å². The highest BCUT2D eigenvalue weighted by Gasteiger charge is 2.21. The molecule has 0 saturated carbocycles. The van der Waals surface area contributed by atoms with Crippen molar-refractivity contribution in [3.05, 3.63) is 41.5 Å². The Morgan fingerprint density at radius 1 is 1.19 bits per heavy atom. The van der Waals surface area contributed by atoms with E-state index in [2.05, 4.69) is 15.3 Å². The number of nitrogens with zero attached hydrogens (tertiary/aromatic N) is 2. The highest BCUT2D eigenvalue weighted by Crippen LogP contribution is 2.30. The van der Waals surface area contributed by atoms with E-state index in [4.69, 9.17) is 4.74 Å². The number of hydrogen-bond donors (Lipinski definition) is 1. The number of halogens is 1.